The zero-order chi connectivity index (χ0) is 18.8. The van der Waals surface area contributed by atoms with Crippen molar-refractivity contribution in [1.82, 2.24) is 5.32 Å². The van der Waals surface area contributed by atoms with Gasteiger partial charge in [0.15, 0.2) is 0 Å². The Morgan fingerprint density at radius 3 is 2.35 bits per heavy atom. The van der Waals surface area contributed by atoms with Crippen molar-refractivity contribution >= 4 is 33.1 Å². The summed E-state index contributed by atoms with van der Waals surface area (Å²) in [5.74, 6) is -1.38. The van der Waals surface area contributed by atoms with Crippen LogP contribution >= 0.6 is 11.3 Å². The summed E-state index contributed by atoms with van der Waals surface area (Å²) in [6.07, 6.45) is 2.84. The van der Waals surface area contributed by atoms with Gasteiger partial charge in [-0.1, -0.05) is 31.0 Å². The minimum absolute atomic E-state index is 0.0903. The Morgan fingerprint density at radius 1 is 1.08 bits per heavy atom. The molecule has 1 amide bonds. The fraction of sp³-hybridized carbons (Fsp3) is 0.333. The van der Waals surface area contributed by atoms with Gasteiger partial charge in [0.2, 0.25) is 9.84 Å². The van der Waals surface area contributed by atoms with Gasteiger partial charge in [-0.25, -0.2) is 8.42 Å². The van der Waals surface area contributed by atoms with E-state index in [4.69, 9.17) is 5.11 Å². The van der Waals surface area contributed by atoms with E-state index in [2.05, 4.69) is 5.32 Å². The van der Waals surface area contributed by atoms with Gasteiger partial charge in [-0.15, -0.1) is 11.3 Å². The predicted molar refractivity (Wildman–Crippen MR) is 97.1 cm³/mol. The number of carbonyl (C=O) groups is 2. The number of benzene rings is 1. The molecule has 1 aliphatic rings. The van der Waals surface area contributed by atoms with E-state index in [0.717, 1.165) is 24.2 Å². The van der Waals surface area contributed by atoms with Crippen molar-refractivity contribution in [3.8, 4) is 0 Å². The Hall–Kier alpha value is -2.19. The molecule has 0 spiro atoms. The number of aliphatic carboxylic acids is 1. The number of sulfone groups is 1. The van der Waals surface area contributed by atoms with E-state index in [0.29, 0.717) is 12.8 Å². The Kier molecular flexibility index (Phi) is 5.15. The van der Waals surface area contributed by atoms with E-state index >= 15 is 0 Å². The summed E-state index contributed by atoms with van der Waals surface area (Å²) in [6.45, 7) is 0. The molecule has 26 heavy (non-hydrogen) atoms. The first kappa shape index (κ1) is 18.6. The fourth-order valence-electron chi connectivity index (χ4n) is 3.29. The lowest BCUT2D eigenvalue weighted by Gasteiger charge is -2.28. The molecular weight excluding hydrogens is 374 g/mol. The fourth-order valence-corrected chi connectivity index (χ4v) is 5.92. The summed E-state index contributed by atoms with van der Waals surface area (Å²) in [7, 11) is -3.67. The van der Waals surface area contributed by atoms with Gasteiger partial charge in [0.1, 0.15) is 4.21 Å². The van der Waals surface area contributed by atoms with Crippen LogP contribution in [0.4, 0.5) is 0 Å². The highest BCUT2D eigenvalue weighted by Crippen LogP contribution is 2.34. The monoisotopic (exact) mass is 393 g/mol. The van der Waals surface area contributed by atoms with E-state index in [1.807, 2.05) is 0 Å². The number of amides is 1. The number of hydrogen-bond donors (Lipinski definition) is 2. The average Bonchev–Trinajstić information content (AvgIpc) is 3.25. The molecule has 0 radical (unpaired) electrons. The van der Waals surface area contributed by atoms with E-state index in [-0.39, 0.29) is 20.4 Å². The molecule has 0 aliphatic heterocycles. The van der Waals surface area contributed by atoms with E-state index < -0.39 is 27.3 Å². The molecule has 0 unspecified atom stereocenters. The average molecular weight is 393 g/mol. The number of hydrogen-bond acceptors (Lipinski definition) is 5. The molecule has 2 aromatic rings. The number of rotatable bonds is 6. The van der Waals surface area contributed by atoms with Crippen LogP contribution in [0.1, 0.15) is 41.8 Å². The minimum Gasteiger partial charge on any atom is -0.481 e. The van der Waals surface area contributed by atoms with Crippen LogP contribution in [0.2, 0.25) is 0 Å². The first-order chi connectivity index (χ1) is 12.3. The third kappa shape index (κ3) is 3.81. The smallest absolute Gasteiger partial charge is 0.305 e. The first-order valence-corrected chi connectivity index (χ1v) is 10.6. The summed E-state index contributed by atoms with van der Waals surface area (Å²) in [4.78, 5) is 24.2. The topological polar surface area (TPSA) is 101 Å². The molecule has 8 heteroatoms. The van der Waals surface area contributed by atoms with Crippen LogP contribution < -0.4 is 5.32 Å². The highest BCUT2D eigenvalue weighted by molar-refractivity contribution is 7.93. The molecule has 1 aliphatic carbocycles. The molecule has 0 saturated heterocycles. The van der Waals surface area contributed by atoms with Crippen LogP contribution in [0.15, 0.2) is 51.6 Å². The normalized spacial score (nSPS) is 16.3. The van der Waals surface area contributed by atoms with Gasteiger partial charge in [-0.3, -0.25) is 9.59 Å². The van der Waals surface area contributed by atoms with Crippen molar-refractivity contribution in [2.75, 3.05) is 0 Å². The van der Waals surface area contributed by atoms with Gasteiger partial charge in [-0.05, 0) is 37.1 Å². The molecule has 0 bridgehead atoms. The van der Waals surface area contributed by atoms with Crippen LogP contribution in [0, 0.1) is 0 Å². The molecule has 1 aromatic heterocycles. The van der Waals surface area contributed by atoms with Crippen LogP contribution in [0.3, 0.4) is 0 Å². The Morgan fingerprint density at radius 2 is 1.73 bits per heavy atom. The van der Waals surface area contributed by atoms with Crippen LogP contribution in [-0.2, 0) is 14.6 Å². The maximum atomic E-state index is 12.6. The van der Waals surface area contributed by atoms with E-state index in [9.17, 15) is 18.0 Å². The Bertz CT molecular complexity index is 912. The maximum absolute atomic E-state index is 12.6. The second-order valence-corrected chi connectivity index (χ2v) is 9.71. The number of nitrogens with one attached hydrogen (secondary N) is 1. The molecular formula is C18H19NO5S2. The summed E-state index contributed by atoms with van der Waals surface area (Å²) >= 11 is 0.896. The predicted octanol–water partition coefficient (Wildman–Crippen LogP) is 3.10. The number of carboxylic acids is 1. The summed E-state index contributed by atoms with van der Waals surface area (Å²) in [6, 6.07) is 10.9. The number of thiophene rings is 1. The Labute approximate surface area is 155 Å². The third-order valence-electron chi connectivity index (χ3n) is 4.55. The zero-order valence-corrected chi connectivity index (χ0v) is 15.6. The van der Waals surface area contributed by atoms with Gasteiger partial charge in [-0.2, -0.15) is 0 Å². The molecule has 0 atom stereocenters. The van der Waals surface area contributed by atoms with Crippen molar-refractivity contribution in [3.63, 3.8) is 0 Å². The number of carboxylic acid groups (broad SMARTS) is 1. The molecule has 2 N–H and O–H groups in total. The molecule has 1 saturated carbocycles. The van der Waals surface area contributed by atoms with Crippen LogP contribution in [-0.4, -0.2) is 30.9 Å². The zero-order valence-electron chi connectivity index (χ0n) is 14.0. The molecule has 3 rings (SSSR count). The van der Waals surface area contributed by atoms with Gasteiger partial charge in [0, 0.05) is 0 Å². The lowest BCUT2D eigenvalue weighted by atomic mass is 9.93. The lowest BCUT2D eigenvalue weighted by molar-refractivity contribution is -0.138. The second kappa shape index (κ2) is 7.20. The summed E-state index contributed by atoms with van der Waals surface area (Å²) in [5, 5.41) is 12.0. The molecule has 1 fully saturated rings. The lowest BCUT2D eigenvalue weighted by Crippen LogP contribution is -2.47. The van der Waals surface area contributed by atoms with Crippen molar-refractivity contribution in [2.45, 2.75) is 46.7 Å². The second-order valence-electron chi connectivity index (χ2n) is 6.45. The van der Waals surface area contributed by atoms with Crippen molar-refractivity contribution < 1.29 is 23.1 Å². The van der Waals surface area contributed by atoms with Crippen molar-refractivity contribution in [3.05, 3.63) is 47.3 Å². The standard InChI is InChI=1S/C18H19NO5S2/c20-15(21)12-18(10-4-5-11-18)19-17(22)14-8-9-16(25-14)26(23,24)13-6-2-1-3-7-13/h1-3,6-9H,4-5,10-12H2,(H,19,22)(H,20,21). The molecule has 1 heterocycles. The highest BCUT2D eigenvalue weighted by atomic mass is 32.2. The van der Waals surface area contributed by atoms with Gasteiger partial charge in [0.05, 0.1) is 21.7 Å². The van der Waals surface area contributed by atoms with Gasteiger partial charge < -0.3 is 10.4 Å². The summed E-state index contributed by atoms with van der Waals surface area (Å²) in [5.41, 5.74) is -0.745. The van der Waals surface area contributed by atoms with Crippen molar-refractivity contribution in [2.24, 2.45) is 0 Å². The molecule has 138 valence electrons. The van der Waals surface area contributed by atoms with Crippen LogP contribution in [0.5, 0.6) is 0 Å². The van der Waals surface area contributed by atoms with Gasteiger partial charge >= 0.3 is 5.97 Å². The quantitative estimate of drug-likeness (QED) is 0.785. The van der Waals surface area contributed by atoms with E-state index in [1.54, 1.807) is 18.2 Å². The van der Waals surface area contributed by atoms with Crippen molar-refractivity contribution in [1.29, 1.82) is 0 Å². The Balaban J connectivity index is 1.81. The SMILES string of the molecule is O=C(O)CC1(NC(=O)c2ccc(S(=O)(=O)c3ccccc3)s2)CCCC1. The van der Waals surface area contributed by atoms with E-state index in [1.165, 1.54) is 24.3 Å². The van der Waals surface area contributed by atoms with Crippen LogP contribution in [0.25, 0.3) is 0 Å². The third-order valence-corrected chi connectivity index (χ3v) is 7.90. The minimum atomic E-state index is -3.67. The molecule has 6 nitrogen and oxygen atoms in total. The largest absolute Gasteiger partial charge is 0.481 e. The summed E-state index contributed by atoms with van der Waals surface area (Å²) < 4.78 is 25.3. The first-order valence-electron chi connectivity index (χ1n) is 8.27. The molecule has 1 aromatic carbocycles. The number of carbonyl (C=O) groups excluding carboxylic acids is 1. The highest BCUT2D eigenvalue weighted by Gasteiger charge is 2.38. The maximum Gasteiger partial charge on any atom is 0.305 e. The van der Waals surface area contributed by atoms with Gasteiger partial charge in [0.25, 0.3) is 5.91 Å².